The highest BCUT2D eigenvalue weighted by molar-refractivity contribution is 5.87. The van der Waals surface area contributed by atoms with Gasteiger partial charge in [-0.1, -0.05) is 26.0 Å². The predicted molar refractivity (Wildman–Crippen MR) is 219 cm³/mol. The highest BCUT2D eigenvalue weighted by Crippen LogP contribution is 2.36. The maximum Gasteiger partial charge on any atom is 0.407 e. The van der Waals surface area contributed by atoms with E-state index >= 15 is 0 Å². The monoisotopic (exact) mass is 821 g/mol. The molecule has 60 heavy (non-hydrogen) atoms. The van der Waals surface area contributed by atoms with Crippen LogP contribution in [0.15, 0.2) is 59.3 Å². The van der Waals surface area contributed by atoms with Crippen LogP contribution in [0.1, 0.15) is 76.1 Å². The van der Waals surface area contributed by atoms with Crippen LogP contribution in [0.4, 0.5) is 9.59 Å². The number of aromatic amines is 2. The average Bonchev–Trinajstić information content (AvgIpc) is 4.13. The molecule has 0 saturated carbocycles. The Balaban J connectivity index is 0.943. The summed E-state index contributed by atoms with van der Waals surface area (Å²) in [5.74, 6) is 1.40. The van der Waals surface area contributed by atoms with Crippen molar-refractivity contribution in [2.45, 2.75) is 76.5 Å². The number of carbonyl (C=O) groups is 4. The first-order valence-corrected chi connectivity index (χ1v) is 20.6. The lowest BCUT2D eigenvalue weighted by atomic mass is 9.90. The van der Waals surface area contributed by atoms with Crippen molar-refractivity contribution < 1.29 is 37.8 Å². The molecule has 4 atom stereocenters. The third-order valence-electron chi connectivity index (χ3n) is 11.9. The largest absolute Gasteiger partial charge is 0.453 e. The fourth-order valence-electron chi connectivity index (χ4n) is 8.62. The highest BCUT2D eigenvalue weighted by atomic mass is 16.5. The van der Waals surface area contributed by atoms with Crippen molar-refractivity contribution in [1.82, 2.24) is 45.4 Å². The van der Waals surface area contributed by atoms with E-state index in [2.05, 4.69) is 25.6 Å². The van der Waals surface area contributed by atoms with Crippen molar-refractivity contribution in [2.24, 2.45) is 11.8 Å². The van der Waals surface area contributed by atoms with Gasteiger partial charge in [0.1, 0.15) is 29.2 Å². The molecule has 0 radical (unpaired) electrons. The molecule has 0 spiro atoms. The zero-order valence-corrected chi connectivity index (χ0v) is 34.2. The van der Waals surface area contributed by atoms with Crippen LogP contribution in [0.25, 0.3) is 45.1 Å². The van der Waals surface area contributed by atoms with E-state index in [1.54, 1.807) is 17.3 Å². The van der Waals surface area contributed by atoms with Crippen LogP contribution in [-0.4, -0.2) is 111 Å². The highest BCUT2D eigenvalue weighted by Gasteiger charge is 2.41. The molecule has 17 heteroatoms. The normalized spacial score (nSPS) is 19.4. The number of imidazole rings is 2. The summed E-state index contributed by atoms with van der Waals surface area (Å²) < 4.78 is 21.3. The molecule has 5 aromatic rings. The molecule has 4 amide bonds. The van der Waals surface area contributed by atoms with E-state index in [0.29, 0.717) is 67.8 Å². The summed E-state index contributed by atoms with van der Waals surface area (Å²) in [5, 5.41) is 5.49. The van der Waals surface area contributed by atoms with Gasteiger partial charge in [0.05, 0.1) is 50.1 Å². The van der Waals surface area contributed by atoms with Crippen LogP contribution in [0, 0.1) is 11.8 Å². The molecule has 316 valence electrons. The smallest absolute Gasteiger partial charge is 0.407 e. The number of alkyl carbamates (subject to hydrolysis) is 2. The fraction of sp³-hybridized carbons (Fsp3) is 0.465. The Bertz CT molecular complexity index is 2330. The van der Waals surface area contributed by atoms with E-state index in [0.717, 1.165) is 53.8 Å². The first-order chi connectivity index (χ1) is 29.1. The SMILES string of the molecule is COC(=O)NC(C(=O)N1CCCC1c1ncc(-c2ccc3oc(-c4ccc(-c5cnc(C6CCCN6C(=O)C(NC(=O)OC)C6CCOCC6)[nH]5)cc4)nc3c2)[nH]1)C(C)C. The lowest BCUT2D eigenvalue weighted by Gasteiger charge is -2.34. The molecule has 3 saturated heterocycles. The van der Waals surface area contributed by atoms with Crippen molar-refractivity contribution >= 4 is 35.1 Å². The maximum atomic E-state index is 14.0. The molecule has 3 aliphatic rings. The minimum atomic E-state index is -0.710. The van der Waals surface area contributed by atoms with Gasteiger partial charge in [-0.25, -0.2) is 24.5 Å². The predicted octanol–water partition coefficient (Wildman–Crippen LogP) is 6.13. The molecule has 2 aromatic carbocycles. The van der Waals surface area contributed by atoms with Gasteiger partial charge in [-0.2, -0.15) is 0 Å². The summed E-state index contributed by atoms with van der Waals surface area (Å²) in [6.45, 7) is 6.03. The maximum absolute atomic E-state index is 14.0. The van der Waals surface area contributed by atoms with Gasteiger partial charge < -0.3 is 49.0 Å². The summed E-state index contributed by atoms with van der Waals surface area (Å²) in [6, 6.07) is 11.7. The Morgan fingerprint density at radius 3 is 1.93 bits per heavy atom. The number of benzene rings is 2. The molecule has 17 nitrogen and oxygen atoms in total. The quantitative estimate of drug-likeness (QED) is 0.119. The number of nitrogens with zero attached hydrogens (tertiary/aromatic N) is 5. The first kappa shape index (κ1) is 40.5. The minimum Gasteiger partial charge on any atom is -0.453 e. The van der Waals surface area contributed by atoms with Gasteiger partial charge in [0.15, 0.2) is 5.58 Å². The number of aromatic nitrogens is 5. The van der Waals surface area contributed by atoms with E-state index in [1.165, 1.54) is 14.2 Å². The molecular formula is C43H51N9O8. The molecular weight excluding hydrogens is 771 g/mol. The fourth-order valence-corrected chi connectivity index (χ4v) is 8.62. The molecule has 4 unspecified atom stereocenters. The number of carbonyl (C=O) groups excluding carboxylic acids is 4. The Hall–Kier alpha value is -6.23. The number of hydrogen-bond donors (Lipinski definition) is 4. The molecule has 6 heterocycles. The first-order valence-electron chi connectivity index (χ1n) is 20.6. The second-order valence-corrected chi connectivity index (χ2v) is 15.9. The topological polar surface area (TPSA) is 210 Å². The van der Waals surface area contributed by atoms with Crippen molar-refractivity contribution in [2.75, 3.05) is 40.5 Å². The number of H-pyrrole nitrogens is 2. The van der Waals surface area contributed by atoms with Gasteiger partial charge in [0.25, 0.3) is 0 Å². The van der Waals surface area contributed by atoms with E-state index in [9.17, 15) is 19.2 Å². The zero-order valence-electron chi connectivity index (χ0n) is 34.2. The van der Waals surface area contributed by atoms with Crippen molar-refractivity contribution in [1.29, 1.82) is 0 Å². The van der Waals surface area contributed by atoms with E-state index < -0.39 is 24.3 Å². The van der Waals surface area contributed by atoms with Gasteiger partial charge >= 0.3 is 12.2 Å². The second-order valence-electron chi connectivity index (χ2n) is 15.9. The van der Waals surface area contributed by atoms with Gasteiger partial charge in [0.2, 0.25) is 17.7 Å². The van der Waals surface area contributed by atoms with Crippen molar-refractivity contribution in [3.05, 3.63) is 66.5 Å². The number of rotatable bonds is 11. The minimum absolute atomic E-state index is 0.0401. The number of hydrogen-bond acceptors (Lipinski definition) is 11. The summed E-state index contributed by atoms with van der Waals surface area (Å²) in [7, 11) is 2.58. The molecule has 4 N–H and O–H groups in total. The van der Waals surface area contributed by atoms with Gasteiger partial charge in [0, 0.05) is 37.4 Å². The van der Waals surface area contributed by atoms with Crippen molar-refractivity contribution in [3.8, 4) is 34.0 Å². The molecule has 3 aromatic heterocycles. The Morgan fingerprint density at radius 1 is 0.750 bits per heavy atom. The second kappa shape index (κ2) is 17.6. The van der Waals surface area contributed by atoms with E-state index in [1.807, 2.05) is 61.2 Å². The van der Waals surface area contributed by atoms with Crippen LogP contribution in [0.3, 0.4) is 0 Å². The van der Waals surface area contributed by atoms with Crippen LogP contribution in [0.2, 0.25) is 0 Å². The summed E-state index contributed by atoms with van der Waals surface area (Å²) >= 11 is 0. The standard InChI is InChI=1S/C43H51N9O8/c1-24(2)35(49-42(55)57-3)40(53)51-17-5-7-32(51)38-45-23-31(47-38)28-13-14-34-29(21-28)48-39(60-34)27-11-9-25(10-12-27)30-22-44-37(46-30)33-8-6-18-52(33)41(54)36(50-43(56)58-4)26-15-19-59-20-16-26/h9-14,21-24,26,32-33,35-36H,5-8,15-20H2,1-4H3,(H,44,46)(H,45,47)(H,49,55)(H,50,56). The Labute approximate surface area is 347 Å². The van der Waals surface area contributed by atoms with Crippen molar-refractivity contribution in [3.63, 3.8) is 0 Å². The Kier molecular flexibility index (Phi) is 11.9. The third kappa shape index (κ3) is 8.30. The van der Waals surface area contributed by atoms with E-state index in [-0.39, 0.29) is 35.7 Å². The van der Waals surface area contributed by atoms with Crippen LogP contribution in [0.5, 0.6) is 0 Å². The number of fused-ring (bicyclic) bond motifs is 1. The third-order valence-corrected chi connectivity index (χ3v) is 11.9. The molecule has 0 bridgehead atoms. The summed E-state index contributed by atoms with van der Waals surface area (Å²) in [4.78, 5) is 76.5. The average molecular weight is 822 g/mol. The van der Waals surface area contributed by atoms with Gasteiger partial charge in [-0.15, -0.1) is 0 Å². The van der Waals surface area contributed by atoms with Gasteiger partial charge in [-0.3, -0.25) is 9.59 Å². The number of likely N-dealkylation sites (tertiary alicyclic amines) is 2. The number of ether oxygens (including phenoxy) is 3. The molecule has 0 aliphatic carbocycles. The lowest BCUT2D eigenvalue weighted by Crippen LogP contribution is -2.53. The molecule has 3 aliphatic heterocycles. The number of amides is 4. The number of nitrogens with one attached hydrogen (secondary N) is 4. The number of oxazole rings is 1. The lowest BCUT2D eigenvalue weighted by molar-refractivity contribution is -0.137. The summed E-state index contributed by atoms with van der Waals surface area (Å²) in [5.41, 5.74) is 5.51. The Morgan fingerprint density at radius 2 is 1.32 bits per heavy atom. The van der Waals surface area contributed by atoms with Crippen LogP contribution >= 0.6 is 0 Å². The number of methoxy groups -OCH3 is 2. The van der Waals surface area contributed by atoms with Gasteiger partial charge in [-0.05, 0) is 86.3 Å². The summed E-state index contributed by atoms with van der Waals surface area (Å²) in [6.07, 6.45) is 6.81. The van der Waals surface area contributed by atoms with Crippen LogP contribution < -0.4 is 10.6 Å². The molecule has 8 rings (SSSR count). The molecule has 3 fully saturated rings. The van der Waals surface area contributed by atoms with Crippen LogP contribution in [-0.2, 0) is 23.8 Å². The van der Waals surface area contributed by atoms with E-state index in [4.69, 9.17) is 28.6 Å². The zero-order chi connectivity index (χ0) is 41.9.